The molecule has 71 heavy (non-hydrogen) atoms. The predicted octanol–water partition coefficient (Wildman–Crippen LogP) is 16.8. The Morgan fingerprint density at radius 2 is 0.817 bits per heavy atom. The van der Waals surface area contributed by atoms with Gasteiger partial charge in [-0.3, -0.25) is 0 Å². The van der Waals surface area contributed by atoms with Gasteiger partial charge in [0.2, 0.25) is 0 Å². The van der Waals surface area contributed by atoms with Crippen molar-refractivity contribution in [3.8, 4) is 22.3 Å². The third-order valence-electron chi connectivity index (χ3n) is 16.3. The van der Waals surface area contributed by atoms with E-state index in [9.17, 15) is 0 Å². The van der Waals surface area contributed by atoms with Gasteiger partial charge in [0.05, 0.1) is 53.4 Å². The molecule has 2 heterocycles. The van der Waals surface area contributed by atoms with Crippen LogP contribution in [0, 0.1) is 13.8 Å². The van der Waals surface area contributed by atoms with Gasteiger partial charge in [0.1, 0.15) is 0 Å². The average Bonchev–Trinajstić information content (AvgIpc) is 3.58. The second-order valence-electron chi connectivity index (χ2n) is 21.8. The number of quaternary nitrogens is 2. The number of halogens is 12. The molecule has 2 nitrogen and oxygen atoms in total. The van der Waals surface area contributed by atoms with E-state index in [2.05, 4.69) is 26.2 Å². The molecule has 3 aliphatic rings. The average molecular weight is 1010 g/mol. The summed E-state index contributed by atoms with van der Waals surface area (Å²) in [6, 6.07) is 16.7. The van der Waals surface area contributed by atoms with Crippen LogP contribution >= 0.6 is 0 Å². The Kier molecular flexibility index (Phi) is 16.0. The van der Waals surface area contributed by atoms with E-state index in [-0.39, 0.29) is 28.8 Å². The molecule has 0 atom stereocenters. The van der Waals surface area contributed by atoms with Crippen LogP contribution in [0.3, 0.4) is 0 Å². The van der Waals surface area contributed by atoms with Crippen molar-refractivity contribution in [1.29, 1.82) is 0 Å². The molecule has 2 saturated heterocycles. The van der Waals surface area contributed by atoms with Crippen LogP contribution in [0.5, 0.6) is 0 Å². The fraction of sp³-hybridized carbons (Fsp3) is 0.579. The van der Waals surface area contributed by atoms with Crippen molar-refractivity contribution in [2.24, 2.45) is 0 Å². The summed E-state index contributed by atoms with van der Waals surface area (Å²) in [5, 5.41) is 0. The lowest BCUT2D eigenvalue weighted by Crippen LogP contribution is -2.69. The van der Waals surface area contributed by atoms with E-state index >= 15 is 52.7 Å². The van der Waals surface area contributed by atoms with E-state index in [1.165, 1.54) is 70.8 Å². The molecule has 0 amide bonds. The van der Waals surface area contributed by atoms with Crippen molar-refractivity contribution in [3.05, 3.63) is 118 Å². The molecule has 0 unspecified atom stereocenters. The highest BCUT2D eigenvalue weighted by Gasteiger charge is 2.90. The molecule has 0 bridgehead atoms. The van der Waals surface area contributed by atoms with E-state index in [0.29, 0.717) is 12.1 Å². The number of nitrogens with zero attached hydrogens (tertiary/aromatic N) is 2. The molecule has 14 heteroatoms. The fourth-order valence-electron chi connectivity index (χ4n) is 11.9. The smallest absolute Gasteiger partial charge is 0.326 e. The third-order valence-corrected chi connectivity index (χ3v) is 16.3. The van der Waals surface area contributed by atoms with E-state index in [1.54, 1.807) is 12.1 Å². The number of piperidine rings is 2. The Bertz CT molecular complexity index is 2410. The van der Waals surface area contributed by atoms with E-state index < -0.39 is 52.1 Å². The number of likely N-dealkylation sites (tertiary alicyclic amines) is 2. The van der Waals surface area contributed by atoms with Gasteiger partial charge in [-0.1, -0.05) is 104 Å². The summed E-state index contributed by atoms with van der Waals surface area (Å²) in [5.41, 5.74) is 0.605. The van der Waals surface area contributed by atoms with E-state index in [1.807, 2.05) is 19.1 Å². The van der Waals surface area contributed by atoms with Crippen LogP contribution in [0.2, 0.25) is 0 Å². The first-order valence-corrected chi connectivity index (χ1v) is 25.6. The molecule has 390 valence electrons. The zero-order chi connectivity index (χ0) is 51.7. The molecule has 1 aliphatic carbocycles. The van der Waals surface area contributed by atoms with Gasteiger partial charge in [-0.25, -0.2) is 0 Å². The summed E-state index contributed by atoms with van der Waals surface area (Å²) < 4.78 is 187. The third kappa shape index (κ3) is 10.4. The molecular weight excluding hydrogens is 941 g/mol. The zero-order valence-corrected chi connectivity index (χ0v) is 41.6. The Morgan fingerprint density at radius 3 is 1.31 bits per heavy atom. The molecule has 7 rings (SSSR count). The van der Waals surface area contributed by atoms with Gasteiger partial charge >= 0.3 is 35.5 Å². The number of aryl methyl sites for hydroxylation is 2. The van der Waals surface area contributed by atoms with Gasteiger partial charge in [-0.15, -0.1) is 0 Å². The maximum absolute atomic E-state index is 16.0. The summed E-state index contributed by atoms with van der Waals surface area (Å²) in [6.07, 6.45) is 17.1. The minimum atomic E-state index is -7.70. The van der Waals surface area contributed by atoms with E-state index in [4.69, 9.17) is 0 Å². The molecule has 0 saturated carbocycles. The quantitative estimate of drug-likeness (QED) is 0.0418. The lowest BCUT2D eigenvalue weighted by Gasteiger charge is -2.41. The maximum atomic E-state index is 16.0. The van der Waals surface area contributed by atoms with Crippen molar-refractivity contribution < 1.29 is 61.7 Å². The van der Waals surface area contributed by atoms with Gasteiger partial charge in [-0.05, 0) is 142 Å². The van der Waals surface area contributed by atoms with Crippen LogP contribution in [-0.4, -0.2) is 86.0 Å². The Labute approximate surface area is 412 Å². The van der Waals surface area contributed by atoms with Gasteiger partial charge in [0.25, 0.3) is 0 Å². The van der Waals surface area contributed by atoms with Crippen molar-refractivity contribution >= 4 is 0 Å². The summed E-state index contributed by atoms with van der Waals surface area (Å²) >= 11 is 0. The highest BCUT2D eigenvalue weighted by Crippen LogP contribution is 2.64. The molecule has 4 aromatic rings. The van der Waals surface area contributed by atoms with Gasteiger partial charge < -0.3 is 8.97 Å². The van der Waals surface area contributed by atoms with Crippen molar-refractivity contribution in [2.75, 3.05) is 53.4 Å². The largest absolute Gasteiger partial charge is 0.385 e. The molecule has 0 N–H and O–H groups in total. The maximum Gasteiger partial charge on any atom is 0.385 e. The highest BCUT2D eigenvalue weighted by molar-refractivity contribution is 5.84. The van der Waals surface area contributed by atoms with E-state index in [0.717, 1.165) is 139 Å². The van der Waals surface area contributed by atoms with Crippen molar-refractivity contribution in [2.45, 2.75) is 158 Å². The van der Waals surface area contributed by atoms with Gasteiger partial charge in [0, 0.05) is 16.5 Å². The standard InChI is InChI=1S/C57H70F12N2/c1-41-21-19-23-45(37-41)52(58,59)54(62,63)56(66,67)57(68,69)55(64,65)53(60,61)46-24-20-22-43(39-46)44-26-28-48-47-27-25-42(2)38-49(47)51(50(48)40-44,29-11-5-7-13-31-70(3)33-15-9-16-34-70)30-12-6-8-14-32-71(4)35-17-10-18-36-71/h19-28,37-40H,5-18,29-36H2,1-4H3/q+2. The number of benzene rings is 4. The second kappa shape index (κ2) is 20.7. The summed E-state index contributed by atoms with van der Waals surface area (Å²) in [5.74, 6) is -42.4. The van der Waals surface area contributed by atoms with Crippen molar-refractivity contribution in [3.63, 3.8) is 0 Å². The van der Waals surface area contributed by atoms with Crippen molar-refractivity contribution in [1.82, 2.24) is 0 Å². The molecule has 2 fully saturated rings. The summed E-state index contributed by atoms with van der Waals surface area (Å²) in [7, 11) is 4.68. The van der Waals surface area contributed by atoms with Crippen LogP contribution in [0.25, 0.3) is 22.3 Å². The first-order valence-electron chi connectivity index (χ1n) is 25.6. The molecule has 0 aromatic heterocycles. The lowest BCUT2D eigenvalue weighted by atomic mass is 9.70. The first kappa shape index (κ1) is 54.7. The number of fused-ring (bicyclic) bond motifs is 3. The Balaban J connectivity index is 1.18. The molecule has 2 aliphatic heterocycles. The van der Waals surface area contributed by atoms with Crippen LogP contribution in [0.1, 0.15) is 136 Å². The van der Waals surface area contributed by atoms with Gasteiger partial charge in [-0.2, -0.15) is 52.7 Å². The van der Waals surface area contributed by atoms with Crippen LogP contribution < -0.4 is 0 Å². The SMILES string of the molecule is Cc1cccc(C(F)(F)C(F)(F)C(F)(F)C(F)(F)C(F)(F)C(F)(F)c2cccc(-c3ccc4c(c3)C(CCCCCC[N+]3(C)CCCCC3)(CCCCCC[N+]3(C)CCCCC3)c3cc(C)ccc3-4)c2)c1. The number of rotatable bonds is 22. The highest BCUT2D eigenvalue weighted by atomic mass is 19.4. The van der Waals surface area contributed by atoms with Crippen LogP contribution in [0.4, 0.5) is 52.7 Å². The normalized spacial score (nSPS) is 18.3. The number of alkyl halides is 12. The predicted molar refractivity (Wildman–Crippen MR) is 257 cm³/mol. The Morgan fingerprint density at radius 1 is 0.408 bits per heavy atom. The molecular formula is C57H70F12N2+2. The monoisotopic (exact) mass is 1010 g/mol. The first-order chi connectivity index (χ1) is 33.3. The molecule has 0 radical (unpaired) electrons. The number of hydrogen-bond acceptors (Lipinski definition) is 0. The fourth-order valence-corrected chi connectivity index (χ4v) is 11.9. The van der Waals surface area contributed by atoms with Gasteiger partial charge in [0.15, 0.2) is 0 Å². The van der Waals surface area contributed by atoms with Crippen LogP contribution in [-0.2, 0) is 17.3 Å². The minimum absolute atomic E-state index is 0.156. The topological polar surface area (TPSA) is 0 Å². The molecule has 4 aromatic carbocycles. The Hall–Kier alpha value is -4.04. The minimum Gasteiger partial charge on any atom is -0.326 e. The summed E-state index contributed by atoms with van der Waals surface area (Å²) in [4.78, 5) is 0. The number of hydrogen-bond donors (Lipinski definition) is 0. The summed E-state index contributed by atoms with van der Waals surface area (Å²) in [6.45, 7) is 10.1. The van der Waals surface area contributed by atoms with Crippen LogP contribution in [0.15, 0.2) is 84.9 Å². The second-order valence-corrected chi connectivity index (χ2v) is 21.8. The zero-order valence-electron chi connectivity index (χ0n) is 41.6. The lowest BCUT2D eigenvalue weighted by molar-refractivity contribution is -0.914. The number of unbranched alkanes of at least 4 members (excludes halogenated alkanes) is 6. The molecule has 0 spiro atoms.